The standard InChI is InChI=1S/C27H28Cl2FN3O4S/c1-3-31-27(35)25(15-19-8-5-4-6-9-19)32(17-20-10-7-11-21(28)14-20)26(34)18-33(38(2,36)37)22-12-13-24(30)23(29)16-22/h4-14,16,25H,3,15,17-18H2,1-2H3,(H,31,35). The van der Waals surface area contributed by atoms with Crippen LogP contribution in [-0.2, 0) is 32.6 Å². The zero-order chi connectivity index (χ0) is 27.9. The van der Waals surface area contributed by atoms with Crippen LogP contribution >= 0.6 is 23.2 Å². The van der Waals surface area contributed by atoms with Gasteiger partial charge in [0.2, 0.25) is 21.8 Å². The molecule has 1 atom stereocenters. The van der Waals surface area contributed by atoms with Gasteiger partial charge in [-0.15, -0.1) is 0 Å². The van der Waals surface area contributed by atoms with Crippen molar-refractivity contribution < 1.29 is 22.4 Å². The van der Waals surface area contributed by atoms with Crippen LogP contribution in [0.3, 0.4) is 0 Å². The Kier molecular flexibility index (Phi) is 10.1. The van der Waals surface area contributed by atoms with E-state index in [1.54, 1.807) is 31.2 Å². The smallest absolute Gasteiger partial charge is 0.244 e. The number of carbonyl (C=O) groups excluding carboxylic acids is 2. The van der Waals surface area contributed by atoms with Crippen LogP contribution in [0.5, 0.6) is 0 Å². The van der Waals surface area contributed by atoms with Gasteiger partial charge >= 0.3 is 0 Å². The van der Waals surface area contributed by atoms with E-state index < -0.39 is 34.3 Å². The molecule has 0 radical (unpaired) electrons. The van der Waals surface area contributed by atoms with Gasteiger partial charge in [0.15, 0.2) is 0 Å². The van der Waals surface area contributed by atoms with Crippen LogP contribution in [0.25, 0.3) is 0 Å². The van der Waals surface area contributed by atoms with Gasteiger partial charge in [0.25, 0.3) is 0 Å². The largest absolute Gasteiger partial charge is 0.355 e. The van der Waals surface area contributed by atoms with Gasteiger partial charge in [-0.3, -0.25) is 13.9 Å². The Morgan fingerprint density at radius 1 is 0.974 bits per heavy atom. The third kappa shape index (κ3) is 7.93. The molecular formula is C27H28Cl2FN3O4S. The third-order valence-electron chi connectivity index (χ3n) is 5.73. The van der Waals surface area contributed by atoms with Crippen molar-refractivity contribution in [3.05, 3.63) is 99.8 Å². The monoisotopic (exact) mass is 579 g/mol. The van der Waals surface area contributed by atoms with E-state index >= 15 is 0 Å². The van der Waals surface area contributed by atoms with Crippen LogP contribution in [0, 0.1) is 5.82 Å². The topological polar surface area (TPSA) is 86.8 Å². The average molecular weight is 581 g/mol. The minimum absolute atomic E-state index is 0.00416. The fourth-order valence-electron chi connectivity index (χ4n) is 3.93. The Hall–Kier alpha value is -3.14. The molecule has 2 amide bonds. The second kappa shape index (κ2) is 13.1. The zero-order valence-corrected chi connectivity index (χ0v) is 23.2. The highest BCUT2D eigenvalue weighted by Gasteiger charge is 2.33. The van der Waals surface area contributed by atoms with Crippen molar-refractivity contribution in [3.63, 3.8) is 0 Å². The molecule has 0 bridgehead atoms. The minimum Gasteiger partial charge on any atom is -0.355 e. The van der Waals surface area contributed by atoms with E-state index in [4.69, 9.17) is 23.2 Å². The maximum absolute atomic E-state index is 13.9. The molecule has 3 aromatic rings. The first kappa shape index (κ1) is 29.4. The number of sulfonamides is 1. The molecule has 0 aromatic heterocycles. The molecular weight excluding hydrogens is 552 g/mol. The van der Waals surface area contributed by atoms with Gasteiger partial charge in [0.05, 0.1) is 17.0 Å². The molecule has 0 aliphatic carbocycles. The number of rotatable bonds is 11. The first-order chi connectivity index (χ1) is 18.0. The molecule has 38 heavy (non-hydrogen) atoms. The van der Waals surface area contributed by atoms with Gasteiger partial charge in [-0.25, -0.2) is 12.8 Å². The molecule has 0 spiro atoms. The predicted molar refractivity (Wildman–Crippen MR) is 148 cm³/mol. The van der Waals surface area contributed by atoms with Gasteiger partial charge in [0.1, 0.15) is 18.4 Å². The molecule has 0 fully saturated rings. The number of nitrogens with zero attached hydrogens (tertiary/aromatic N) is 2. The Balaban J connectivity index is 2.05. The van der Waals surface area contributed by atoms with E-state index in [1.165, 1.54) is 11.0 Å². The highest BCUT2D eigenvalue weighted by atomic mass is 35.5. The summed E-state index contributed by atoms with van der Waals surface area (Å²) >= 11 is 12.1. The van der Waals surface area contributed by atoms with E-state index in [9.17, 15) is 22.4 Å². The van der Waals surface area contributed by atoms with Gasteiger partial charge in [-0.1, -0.05) is 65.7 Å². The zero-order valence-electron chi connectivity index (χ0n) is 20.9. The molecule has 0 saturated heterocycles. The fraction of sp³-hybridized carbons (Fsp3) is 0.259. The lowest BCUT2D eigenvalue weighted by molar-refractivity contribution is -0.140. The SMILES string of the molecule is CCNC(=O)C(Cc1ccccc1)N(Cc1cccc(Cl)c1)C(=O)CN(c1ccc(F)c(Cl)c1)S(C)(=O)=O. The summed E-state index contributed by atoms with van der Waals surface area (Å²) < 4.78 is 40.0. The van der Waals surface area contributed by atoms with Crippen LogP contribution in [0.1, 0.15) is 18.1 Å². The lowest BCUT2D eigenvalue weighted by Crippen LogP contribution is -2.53. The number of likely N-dealkylation sites (N-methyl/N-ethyl adjacent to an activating group) is 1. The van der Waals surface area contributed by atoms with E-state index in [2.05, 4.69) is 5.32 Å². The molecule has 1 N–H and O–H groups in total. The molecule has 7 nitrogen and oxygen atoms in total. The summed E-state index contributed by atoms with van der Waals surface area (Å²) in [5.74, 6) is -1.75. The molecule has 0 aliphatic heterocycles. The Labute approximate surface area is 232 Å². The molecule has 3 rings (SSSR count). The number of anilines is 1. The van der Waals surface area contributed by atoms with E-state index in [0.29, 0.717) is 17.1 Å². The molecule has 3 aromatic carbocycles. The maximum Gasteiger partial charge on any atom is 0.244 e. The van der Waals surface area contributed by atoms with E-state index in [1.807, 2.05) is 30.3 Å². The van der Waals surface area contributed by atoms with Gasteiger partial charge in [0, 0.05) is 24.5 Å². The fourth-order valence-corrected chi connectivity index (χ4v) is 5.16. The van der Waals surface area contributed by atoms with Crippen LogP contribution < -0.4 is 9.62 Å². The summed E-state index contributed by atoms with van der Waals surface area (Å²) in [7, 11) is -3.99. The van der Waals surface area contributed by atoms with Crippen molar-refractivity contribution >= 4 is 50.7 Å². The predicted octanol–water partition coefficient (Wildman–Crippen LogP) is 4.67. The van der Waals surface area contributed by atoms with Crippen molar-refractivity contribution in [2.45, 2.75) is 25.9 Å². The molecule has 11 heteroatoms. The number of carbonyl (C=O) groups is 2. The minimum atomic E-state index is -3.99. The summed E-state index contributed by atoms with van der Waals surface area (Å²) in [6.07, 6.45) is 1.13. The summed E-state index contributed by atoms with van der Waals surface area (Å²) in [5, 5.41) is 2.94. The van der Waals surface area contributed by atoms with E-state index in [0.717, 1.165) is 28.3 Å². The second-order valence-corrected chi connectivity index (χ2v) is 11.4. The number of nitrogens with one attached hydrogen (secondary N) is 1. The normalized spacial score (nSPS) is 12.0. The lowest BCUT2D eigenvalue weighted by atomic mass is 10.0. The number of benzene rings is 3. The first-order valence-electron chi connectivity index (χ1n) is 11.8. The van der Waals surface area contributed by atoms with Crippen LogP contribution in [0.15, 0.2) is 72.8 Å². The van der Waals surface area contributed by atoms with Gasteiger partial charge in [-0.2, -0.15) is 0 Å². The van der Waals surface area contributed by atoms with Gasteiger partial charge in [-0.05, 0) is 48.4 Å². The van der Waals surface area contributed by atoms with Crippen molar-refractivity contribution in [1.82, 2.24) is 10.2 Å². The Morgan fingerprint density at radius 3 is 2.26 bits per heavy atom. The average Bonchev–Trinajstić information content (AvgIpc) is 2.86. The van der Waals surface area contributed by atoms with Crippen molar-refractivity contribution in [2.75, 3.05) is 23.7 Å². The van der Waals surface area contributed by atoms with Crippen LogP contribution in [-0.4, -0.2) is 50.5 Å². The van der Waals surface area contributed by atoms with E-state index in [-0.39, 0.29) is 29.6 Å². The first-order valence-corrected chi connectivity index (χ1v) is 14.4. The number of halogens is 3. The molecule has 0 saturated carbocycles. The highest BCUT2D eigenvalue weighted by Crippen LogP contribution is 2.25. The number of amides is 2. The third-order valence-corrected chi connectivity index (χ3v) is 7.40. The molecule has 0 aliphatic rings. The summed E-state index contributed by atoms with van der Waals surface area (Å²) in [4.78, 5) is 28.5. The highest BCUT2D eigenvalue weighted by molar-refractivity contribution is 7.92. The Bertz CT molecular complexity index is 1390. The summed E-state index contributed by atoms with van der Waals surface area (Å²) in [5.41, 5.74) is 1.49. The molecule has 1 unspecified atom stereocenters. The van der Waals surface area contributed by atoms with Crippen molar-refractivity contribution in [1.29, 1.82) is 0 Å². The van der Waals surface area contributed by atoms with Crippen LogP contribution in [0.2, 0.25) is 10.0 Å². The summed E-state index contributed by atoms with van der Waals surface area (Å²) in [6.45, 7) is 1.47. The maximum atomic E-state index is 13.9. The number of hydrogen-bond acceptors (Lipinski definition) is 4. The van der Waals surface area contributed by atoms with Crippen molar-refractivity contribution in [3.8, 4) is 0 Å². The van der Waals surface area contributed by atoms with Crippen LogP contribution in [0.4, 0.5) is 10.1 Å². The summed E-state index contributed by atoms with van der Waals surface area (Å²) in [6, 6.07) is 18.5. The van der Waals surface area contributed by atoms with Crippen molar-refractivity contribution in [2.24, 2.45) is 0 Å². The Morgan fingerprint density at radius 2 is 1.66 bits per heavy atom. The molecule has 0 heterocycles. The lowest BCUT2D eigenvalue weighted by Gasteiger charge is -2.33. The second-order valence-electron chi connectivity index (χ2n) is 8.62. The molecule has 202 valence electrons. The van der Waals surface area contributed by atoms with Gasteiger partial charge < -0.3 is 10.2 Å². The quantitative estimate of drug-likeness (QED) is 0.357. The number of hydrogen-bond donors (Lipinski definition) is 1.